The fourth-order valence-electron chi connectivity index (χ4n) is 5.08. The van der Waals surface area contributed by atoms with Gasteiger partial charge in [0.05, 0.1) is 45.2 Å². The van der Waals surface area contributed by atoms with Gasteiger partial charge in [0.25, 0.3) is 5.56 Å². The summed E-state index contributed by atoms with van der Waals surface area (Å²) in [6.45, 7) is 7.82. The third kappa shape index (κ3) is 7.37. The molecule has 1 aliphatic heterocycles. The zero-order chi connectivity index (χ0) is 33.1. The lowest BCUT2D eigenvalue weighted by molar-refractivity contribution is -0.139. The van der Waals surface area contributed by atoms with E-state index in [0.717, 1.165) is 13.6 Å². The van der Waals surface area contributed by atoms with Gasteiger partial charge < -0.3 is 18.9 Å². The molecule has 0 spiro atoms. The maximum atomic E-state index is 14.3. The summed E-state index contributed by atoms with van der Waals surface area (Å²) >= 11 is 13.2. The average molecular weight is 838 g/mol. The highest BCUT2D eigenvalue weighted by Gasteiger charge is 2.34. The summed E-state index contributed by atoms with van der Waals surface area (Å²) in [6, 6.07) is 15.9. The molecule has 5 rings (SSSR count). The Morgan fingerprint density at radius 3 is 2.65 bits per heavy atom. The van der Waals surface area contributed by atoms with Crippen LogP contribution in [0, 0.1) is 3.57 Å². The number of methoxy groups -OCH3 is 1. The summed E-state index contributed by atoms with van der Waals surface area (Å²) in [5, 5.41) is 0.625. The van der Waals surface area contributed by atoms with Crippen molar-refractivity contribution < 1.29 is 23.7 Å². The first kappa shape index (κ1) is 34.2. The van der Waals surface area contributed by atoms with E-state index in [1.807, 2.05) is 56.3 Å². The molecular formula is C34H31BrClIN2O6S. The van der Waals surface area contributed by atoms with Crippen LogP contribution >= 0.6 is 61.5 Å². The van der Waals surface area contributed by atoms with Gasteiger partial charge in [-0.3, -0.25) is 9.36 Å². The van der Waals surface area contributed by atoms with Crippen molar-refractivity contribution in [2.45, 2.75) is 46.4 Å². The number of hydrogen-bond donors (Lipinski definition) is 0. The molecule has 1 aromatic heterocycles. The predicted octanol–water partition coefficient (Wildman–Crippen LogP) is 7.19. The highest BCUT2D eigenvalue weighted by Crippen LogP contribution is 2.37. The Balaban J connectivity index is 1.66. The number of halogens is 3. The van der Waals surface area contributed by atoms with Gasteiger partial charge in [0.2, 0.25) is 0 Å². The van der Waals surface area contributed by atoms with Crippen LogP contribution < -0.4 is 29.1 Å². The summed E-state index contributed by atoms with van der Waals surface area (Å²) in [5.74, 6) is 1.13. The number of allylic oxidation sites excluding steroid dienone is 1. The van der Waals surface area contributed by atoms with Crippen molar-refractivity contribution in [2.24, 2.45) is 4.99 Å². The molecule has 1 aliphatic rings. The molecule has 240 valence electrons. The number of carbonyl (C=O) groups is 1. The van der Waals surface area contributed by atoms with Crippen molar-refractivity contribution in [1.29, 1.82) is 0 Å². The van der Waals surface area contributed by atoms with E-state index in [4.69, 9.17) is 35.5 Å². The summed E-state index contributed by atoms with van der Waals surface area (Å²) in [4.78, 5) is 32.8. The van der Waals surface area contributed by atoms with Gasteiger partial charge >= 0.3 is 5.97 Å². The molecule has 1 atom stereocenters. The van der Waals surface area contributed by atoms with Gasteiger partial charge in [-0.25, -0.2) is 9.79 Å². The van der Waals surface area contributed by atoms with E-state index < -0.39 is 12.0 Å². The van der Waals surface area contributed by atoms with Crippen molar-refractivity contribution in [2.75, 3.05) is 13.7 Å². The molecule has 8 nitrogen and oxygen atoms in total. The van der Waals surface area contributed by atoms with Gasteiger partial charge in [0.1, 0.15) is 12.4 Å². The highest BCUT2D eigenvalue weighted by atomic mass is 127. The molecule has 46 heavy (non-hydrogen) atoms. The zero-order valence-electron chi connectivity index (χ0n) is 25.7. The normalized spacial score (nSPS) is 14.6. The van der Waals surface area contributed by atoms with E-state index in [1.54, 1.807) is 43.7 Å². The van der Waals surface area contributed by atoms with Crippen molar-refractivity contribution in [3.05, 3.63) is 115 Å². The van der Waals surface area contributed by atoms with Gasteiger partial charge in [-0.05, 0) is 104 Å². The number of carbonyl (C=O) groups excluding carboxylic acids is 1. The number of rotatable bonds is 10. The molecule has 0 N–H and O–H groups in total. The third-order valence-electron chi connectivity index (χ3n) is 6.98. The maximum absolute atomic E-state index is 14.3. The lowest BCUT2D eigenvalue weighted by Gasteiger charge is -2.25. The highest BCUT2D eigenvalue weighted by molar-refractivity contribution is 14.1. The van der Waals surface area contributed by atoms with Gasteiger partial charge in [-0.2, -0.15) is 0 Å². The Hall–Kier alpha value is -3.13. The number of ether oxygens (including phenoxy) is 4. The van der Waals surface area contributed by atoms with Crippen molar-refractivity contribution >= 4 is 73.5 Å². The quantitative estimate of drug-likeness (QED) is 0.124. The van der Waals surface area contributed by atoms with Gasteiger partial charge in [-0.15, -0.1) is 0 Å². The van der Waals surface area contributed by atoms with E-state index in [1.165, 1.54) is 11.3 Å². The smallest absolute Gasteiger partial charge is 0.338 e. The van der Waals surface area contributed by atoms with Crippen molar-refractivity contribution in [3.8, 4) is 17.2 Å². The van der Waals surface area contributed by atoms with Crippen molar-refractivity contribution in [3.63, 3.8) is 0 Å². The second-order valence-corrected chi connectivity index (χ2v) is 14.1. The standard InChI is InChI=1S/C34H31BrClIN2O6S/c1-6-43-33(41)29-19(4)38-34-39(30(29)21-10-11-26(45-18(2)3)27(14-21)42-5)32(40)28(46-34)15-22-13-23(35)16-25(37)31(22)44-17-20-8-7-9-24(36)12-20/h7-16,18,30H,6,17H2,1-5H3/b28-15+/t30-/m0/s1. The molecular weight excluding hydrogens is 807 g/mol. The first-order valence-corrected chi connectivity index (χ1v) is 17.5. The Morgan fingerprint density at radius 1 is 1.17 bits per heavy atom. The van der Waals surface area contributed by atoms with Crippen LogP contribution in [0.2, 0.25) is 5.02 Å². The Bertz CT molecular complexity index is 2020. The van der Waals surface area contributed by atoms with Crippen LogP contribution in [0.15, 0.2) is 80.1 Å². The van der Waals surface area contributed by atoms with Crippen LogP contribution in [0.5, 0.6) is 17.2 Å². The number of benzene rings is 3. The molecule has 4 aromatic rings. The first-order chi connectivity index (χ1) is 22.0. The Morgan fingerprint density at radius 2 is 1.96 bits per heavy atom. The number of aromatic nitrogens is 1. The molecule has 2 heterocycles. The minimum Gasteiger partial charge on any atom is -0.493 e. The van der Waals surface area contributed by atoms with E-state index in [9.17, 15) is 9.59 Å². The second-order valence-electron chi connectivity index (χ2n) is 10.6. The summed E-state index contributed by atoms with van der Waals surface area (Å²) in [5.41, 5.74) is 2.73. The van der Waals surface area contributed by atoms with Crippen LogP contribution in [0.4, 0.5) is 0 Å². The fourth-order valence-corrected chi connectivity index (χ4v) is 8.03. The number of esters is 1. The van der Waals surface area contributed by atoms with Crippen LogP contribution in [0.1, 0.15) is 50.4 Å². The molecule has 0 unspecified atom stereocenters. The Labute approximate surface area is 297 Å². The molecule has 0 radical (unpaired) electrons. The number of fused-ring (bicyclic) bond motifs is 1. The van der Waals surface area contributed by atoms with Gasteiger partial charge in [0, 0.05) is 15.1 Å². The molecule has 0 aliphatic carbocycles. The first-order valence-electron chi connectivity index (χ1n) is 14.4. The van der Waals surface area contributed by atoms with Crippen LogP contribution in [0.3, 0.4) is 0 Å². The number of thiazole rings is 1. The summed E-state index contributed by atoms with van der Waals surface area (Å²) in [7, 11) is 1.55. The van der Waals surface area contributed by atoms with E-state index in [0.29, 0.717) is 55.0 Å². The molecule has 0 bridgehead atoms. The van der Waals surface area contributed by atoms with E-state index >= 15 is 0 Å². The van der Waals surface area contributed by atoms with Crippen LogP contribution in [-0.2, 0) is 16.1 Å². The van der Waals surface area contributed by atoms with E-state index in [-0.39, 0.29) is 23.8 Å². The van der Waals surface area contributed by atoms with Crippen LogP contribution in [-0.4, -0.2) is 30.4 Å². The number of hydrogen-bond acceptors (Lipinski definition) is 8. The molecule has 3 aromatic carbocycles. The number of nitrogens with zero attached hydrogens (tertiary/aromatic N) is 2. The lowest BCUT2D eigenvalue weighted by atomic mass is 9.95. The lowest BCUT2D eigenvalue weighted by Crippen LogP contribution is -2.40. The molecule has 12 heteroatoms. The minimum atomic E-state index is -0.805. The Kier molecular flexibility index (Phi) is 11.0. The molecule has 0 amide bonds. The fraction of sp³-hybridized carbons (Fsp3) is 0.265. The predicted molar refractivity (Wildman–Crippen MR) is 192 cm³/mol. The monoisotopic (exact) mass is 836 g/mol. The SMILES string of the molecule is CCOC(=O)C1=C(C)N=c2s/c(=C/c3cc(Br)cc(I)c3OCc3cccc(Cl)c3)c(=O)n2[C@H]1c1ccc(OC(C)C)c(OC)c1. The average Bonchev–Trinajstić information content (AvgIpc) is 3.29. The van der Waals surface area contributed by atoms with Crippen molar-refractivity contribution in [1.82, 2.24) is 4.57 Å². The largest absolute Gasteiger partial charge is 0.493 e. The minimum absolute atomic E-state index is 0.0740. The second kappa shape index (κ2) is 14.7. The van der Waals surface area contributed by atoms with E-state index in [2.05, 4.69) is 38.5 Å². The molecule has 0 saturated heterocycles. The summed E-state index contributed by atoms with van der Waals surface area (Å²) in [6.07, 6.45) is 1.72. The maximum Gasteiger partial charge on any atom is 0.338 e. The summed E-state index contributed by atoms with van der Waals surface area (Å²) < 4.78 is 27.0. The topological polar surface area (TPSA) is 88.4 Å². The van der Waals surface area contributed by atoms with Gasteiger partial charge in [0.15, 0.2) is 16.3 Å². The third-order valence-corrected chi connectivity index (χ3v) is 9.46. The molecule has 0 fully saturated rings. The van der Waals surface area contributed by atoms with Crippen LogP contribution in [0.25, 0.3) is 6.08 Å². The van der Waals surface area contributed by atoms with Gasteiger partial charge in [-0.1, -0.05) is 57.1 Å². The zero-order valence-corrected chi connectivity index (χ0v) is 31.0. The molecule has 0 saturated carbocycles.